The molecule has 1 aliphatic heterocycles. The van der Waals surface area contributed by atoms with Crippen LogP contribution in [0.2, 0.25) is 0 Å². The Morgan fingerprint density at radius 2 is 1.88 bits per heavy atom. The summed E-state index contributed by atoms with van der Waals surface area (Å²) in [6, 6.07) is 11.8. The molecule has 2 N–H and O–H groups in total. The van der Waals surface area contributed by atoms with Crippen LogP contribution in [-0.4, -0.2) is 25.8 Å². The normalized spacial score (nSPS) is 12.8. The molecule has 0 aliphatic carbocycles. The Bertz CT molecular complexity index is 787. The number of hydrogen-bond donors (Lipinski definition) is 2. The van der Waals surface area contributed by atoms with Gasteiger partial charge in [-0.1, -0.05) is 38.1 Å². The third-order valence-corrected chi connectivity index (χ3v) is 4.47. The Morgan fingerprint density at radius 3 is 2.65 bits per heavy atom. The summed E-state index contributed by atoms with van der Waals surface area (Å²) in [7, 11) is 0. The van der Waals surface area contributed by atoms with Gasteiger partial charge in [-0.25, -0.2) is 4.79 Å². The fourth-order valence-electron chi connectivity index (χ4n) is 3.06. The van der Waals surface area contributed by atoms with E-state index in [0.717, 1.165) is 40.3 Å². The van der Waals surface area contributed by atoms with E-state index >= 15 is 0 Å². The molecule has 0 spiro atoms. The van der Waals surface area contributed by atoms with E-state index in [0.29, 0.717) is 25.7 Å². The first-order valence-corrected chi connectivity index (χ1v) is 9.07. The first-order valence-electron chi connectivity index (χ1n) is 9.07. The predicted octanol–water partition coefficient (Wildman–Crippen LogP) is 4.25. The third kappa shape index (κ3) is 4.28. The molecule has 26 heavy (non-hydrogen) atoms. The van der Waals surface area contributed by atoms with Crippen molar-refractivity contribution in [2.45, 2.75) is 33.1 Å². The van der Waals surface area contributed by atoms with Gasteiger partial charge in [-0.15, -0.1) is 0 Å². The minimum atomic E-state index is -0.182. The molecule has 1 heterocycles. The molecule has 1 aliphatic rings. The van der Waals surface area contributed by atoms with Crippen molar-refractivity contribution in [1.82, 2.24) is 5.32 Å². The first-order chi connectivity index (χ1) is 12.5. The van der Waals surface area contributed by atoms with E-state index in [4.69, 9.17) is 9.47 Å². The molecule has 0 aromatic heterocycles. The average molecular weight is 354 g/mol. The minimum Gasteiger partial charge on any atom is -0.486 e. The lowest BCUT2D eigenvalue weighted by molar-refractivity contribution is 0.171. The van der Waals surface area contributed by atoms with Crippen LogP contribution < -0.4 is 20.1 Å². The van der Waals surface area contributed by atoms with E-state index < -0.39 is 0 Å². The molecular weight excluding hydrogens is 328 g/mol. The minimum absolute atomic E-state index is 0.182. The third-order valence-electron chi connectivity index (χ3n) is 4.47. The lowest BCUT2D eigenvalue weighted by Gasteiger charge is -2.19. The van der Waals surface area contributed by atoms with Crippen molar-refractivity contribution in [3.63, 3.8) is 0 Å². The smallest absolute Gasteiger partial charge is 0.319 e. The molecule has 0 saturated heterocycles. The molecule has 3 rings (SSSR count). The molecule has 0 saturated carbocycles. The van der Waals surface area contributed by atoms with Crippen molar-refractivity contribution in [3.05, 3.63) is 53.1 Å². The molecule has 2 aromatic rings. The molecule has 0 atom stereocenters. The Hall–Kier alpha value is -2.69. The summed E-state index contributed by atoms with van der Waals surface area (Å²) in [4.78, 5) is 12.3. The van der Waals surface area contributed by atoms with E-state index in [1.165, 1.54) is 0 Å². The number of urea groups is 1. The van der Waals surface area contributed by atoms with Crippen LogP contribution in [-0.2, 0) is 6.42 Å². The van der Waals surface area contributed by atoms with Gasteiger partial charge in [0, 0.05) is 12.2 Å². The Balaban J connectivity index is 1.55. The molecule has 2 amide bonds. The highest BCUT2D eigenvalue weighted by molar-refractivity contribution is 5.91. The summed E-state index contributed by atoms with van der Waals surface area (Å²) in [5, 5.41) is 5.93. The van der Waals surface area contributed by atoms with Gasteiger partial charge >= 0.3 is 6.03 Å². The molecule has 0 unspecified atom stereocenters. The van der Waals surface area contributed by atoms with Crippen LogP contribution in [0.3, 0.4) is 0 Å². The maximum atomic E-state index is 12.3. The Kier molecular flexibility index (Phi) is 5.66. The summed E-state index contributed by atoms with van der Waals surface area (Å²) < 4.78 is 11.1. The van der Waals surface area contributed by atoms with Crippen molar-refractivity contribution < 1.29 is 14.3 Å². The fourth-order valence-corrected chi connectivity index (χ4v) is 3.06. The van der Waals surface area contributed by atoms with Crippen LogP contribution in [0.25, 0.3) is 0 Å². The monoisotopic (exact) mass is 354 g/mol. The highest BCUT2D eigenvalue weighted by Crippen LogP contribution is 2.31. The number of hydrogen-bond acceptors (Lipinski definition) is 3. The van der Waals surface area contributed by atoms with E-state index in [9.17, 15) is 4.79 Å². The number of nitrogens with one attached hydrogen (secondary N) is 2. The van der Waals surface area contributed by atoms with Crippen LogP contribution in [0.1, 0.15) is 36.5 Å². The van der Waals surface area contributed by atoms with Crippen molar-refractivity contribution in [2.24, 2.45) is 0 Å². The van der Waals surface area contributed by atoms with E-state index in [-0.39, 0.29) is 6.03 Å². The highest BCUT2D eigenvalue weighted by atomic mass is 16.6. The predicted molar refractivity (Wildman–Crippen MR) is 103 cm³/mol. The fraction of sp³-hybridized carbons (Fsp3) is 0.381. The quantitative estimate of drug-likeness (QED) is 0.844. The van der Waals surface area contributed by atoms with Crippen molar-refractivity contribution in [2.75, 3.05) is 25.1 Å². The van der Waals surface area contributed by atoms with Gasteiger partial charge in [-0.05, 0) is 48.1 Å². The van der Waals surface area contributed by atoms with Gasteiger partial charge in [0.1, 0.15) is 13.2 Å². The van der Waals surface area contributed by atoms with Gasteiger partial charge in [0.25, 0.3) is 0 Å². The topological polar surface area (TPSA) is 59.6 Å². The molecule has 5 heteroatoms. The maximum Gasteiger partial charge on any atom is 0.319 e. The summed E-state index contributed by atoms with van der Waals surface area (Å²) >= 11 is 0. The SMILES string of the molecule is Cc1cccc(C(C)C)c1NC(=O)NCCc1ccc2c(c1)OCCO2. The number of anilines is 1. The number of benzene rings is 2. The molecule has 138 valence electrons. The number of carbonyl (C=O) groups excluding carboxylic acids is 1. The number of rotatable bonds is 5. The lowest BCUT2D eigenvalue weighted by atomic mass is 9.98. The van der Waals surface area contributed by atoms with Crippen molar-refractivity contribution >= 4 is 11.7 Å². The zero-order valence-electron chi connectivity index (χ0n) is 15.6. The molecule has 0 bridgehead atoms. The Labute approximate surface area is 154 Å². The zero-order valence-corrected chi connectivity index (χ0v) is 15.6. The Morgan fingerprint density at radius 1 is 1.12 bits per heavy atom. The number of amides is 2. The molecular formula is C21H26N2O3. The van der Waals surface area contributed by atoms with Gasteiger partial charge in [0.05, 0.1) is 0 Å². The standard InChI is InChI=1S/C21H26N2O3/c1-14(2)17-6-4-5-15(3)20(17)23-21(24)22-10-9-16-7-8-18-19(13-16)26-12-11-25-18/h4-8,13-14H,9-12H2,1-3H3,(H2,22,23,24). The average Bonchev–Trinajstić information content (AvgIpc) is 2.63. The zero-order chi connectivity index (χ0) is 18.5. The van der Waals surface area contributed by atoms with Crippen molar-refractivity contribution in [3.8, 4) is 11.5 Å². The van der Waals surface area contributed by atoms with E-state index in [1.807, 2.05) is 37.3 Å². The van der Waals surface area contributed by atoms with Gasteiger partial charge in [-0.2, -0.15) is 0 Å². The second kappa shape index (κ2) is 8.13. The molecule has 0 radical (unpaired) electrons. The summed E-state index contributed by atoms with van der Waals surface area (Å²) in [6.45, 7) is 7.97. The van der Waals surface area contributed by atoms with Crippen LogP contribution in [0.4, 0.5) is 10.5 Å². The summed E-state index contributed by atoms with van der Waals surface area (Å²) in [6.07, 6.45) is 0.731. The first kappa shape index (κ1) is 18.1. The number of aryl methyl sites for hydroxylation is 1. The number of fused-ring (bicyclic) bond motifs is 1. The van der Waals surface area contributed by atoms with Crippen LogP contribution in [0.15, 0.2) is 36.4 Å². The highest BCUT2D eigenvalue weighted by Gasteiger charge is 2.13. The van der Waals surface area contributed by atoms with Crippen LogP contribution in [0, 0.1) is 6.92 Å². The van der Waals surface area contributed by atoms with E-state index in [2.05, 4.69) is 30.5 Å². The molecule has 5 nitrogen and oxygen atoms in total. The summed E-state index contributed by atoms with van der Waals surface area (Å²) in [5.41, 5.74) is 4.22. The van der Waals surface area contributed by atoms with Gasteiger partial charge in [-0.3, -0.25) is 0 Å². The van der Waals surface area contributed by atoms with Gasteiger partial charge in [0.2, 0.25) is 0 Å². The van der Waals surface area contributed by atoms with Gasteiger partial charge < -0.3 is 20.1 Å². The number of para-hydroxylation sites is 1. The van der Waals surface area contributed by atoms with Crippen molar-refractivity contribution in [1.29, 1.82) is 0 Å². The second-order valence-electron chi connectivity index (χ2n) is 6.80. The van der Waals surface area contributed by atoms with E-state index in [1.54, 1.807) is 0 Å². The summed E-state index contributed by atoms with van der Waals surface area (Å²) in [5.74, 6) is 1.91. The largest absolute Gasteiger partial charge is 0.486 e. The van der Waals surface area contributed by atoms with Gasteiger partial charge in [0.15, 0.2) is 11.5 Å². The number of carbonyl (C=O) groups is 1. The van der Waals surface area contributed by atoms with Crippen LogP contribution >= 0.6 is 0 Å². The lowest BCUT2D eigenvalue weighted by Crippen LogP contribution is -2.31. The number of ether oxygens (including phenoxy) is 2. The second-order valence-corrected chi connectivity index (χ2v) is 6.80. The molecule has 2 aromatic carbocycles. The maximum absolute atomic E-state index is 12.3. The van der Waals surface area contributed by atoms with Crippen LogP contribution in [0.5, 0.6) is 11.5 Å². The molecule has 0 fully saturated rings.